The summed E-state index contributed by atoms with van der Waals surface area (Å²) >= 11 is 0. The first-order valence-corrected chi connectivity index (χ1v) is 6.08. The van der Waals surface area contributed by atoms with E-state index in [4.69, 9.17) is 0 Å². The van der Waals surface area contributed by atoms with E-state index in [-0.39, 0.29) is 0 Å². The molecule has 0 aliphatic carbocycles. The van der Waals surface area contributed by atoms with Crippen LogP contribution < -0.4 is 5.32 Å². The molecule has 1 unspecified atom stereocenters. The molecule has 0 amide bonds. The Kier molecular flexibility index (Phi) is 6.09. The Labute approximate surface area is 92.7 Å². The lowest BCUT2D eigenvalue weighted by atomic mass is 10.1. The molecule has 2 N–H and O–H groups in total. The second-order valence-corrected chi connectivity index (χ2v) is 4.03. The van der Waals surface area contributed by atoms with Gasteiger partial charge in [-0.15, -0.1) is 0 Å². The van der Waals surface area contributed by atoms with Crippen molar-refractivity contribution in [2.24, 2.45) is 0 Å². The number of imidazole rings is 1. The smallest absolute Gasteiger partial charge is 0.107 e. The third-order valence-electron chi connectivity index (χ3n) is 2.58. The van der Waals surface area contributed by atoms with Crippen molar-refractivity contribution in [3.05, 3.63) is 18.2 Å². The summed E-state index contributed by atoms with van der Waals surface area (Å²) < 4.78 is 0. The van der Waals surface area contributed by atoms with Crippen LogP contribution in [0.3, 0.4) is 0 Å². The van der Waals surface area contributed by atoms with Gasteiger partial charge in [0.05, 0.1) is 0 Å². The molecular weight excluding hydrogens is 186 g/mol. The summed E-state index contributed by atoms with van der Waals surface area (Å²) in [5.41, 5.74) is 0. The molecule has 0 aromatic carbocycles. The van der Waals surface area contributed by atoms with E-state index in [1.54, 1.807) is 0 Å². The molecular formula is C12H23N3. The molecule has 1 aromatic heterocycles. The Morgan fingerprint density at radius 1 is 1.40 bits per heavy atom. The van der Waals surface area contributed by atoms with Crippen LogP contribution in [0.4, 0.5) is 0 Å². The molecule has 0 bridgehead atoms. The van der Waals surface area contributed by atoms with Crippen LogP contribution in [0.1, 0.15) is 45.4 Å². The third kappa shape index (κ3) is 4.98. The maximum atomic E-state index is 4.28. The summed E-state index contributed by atoms with van der Waals surface area (Å²) in [5.74, 6) is 1.10. The van der Waals surface area contributed by atoms with Gasteiger partial charge in [-0.1, -0.05) is 26.7 Å². The van der Waals surface area contributed by atoms with Gasteiger partial charge in [0.2, 0.25) is 0 Å². The van der Waals surface area contributed by atoms with Gasteiger partial charge in [-0.25, -0.2) is 4.98 Å². The number of aromatic amines is 1. The van der Waals surface area contributed by atoms with Crippen LogP contribution in [0.25, 0.3) is 0 Å². The van der Waals surface area contributed by atoms with Gasteiger partial charge in [-0.2, -0.15) is 0 Å². The lowest BCUT2D eigenvalue weighted by molar-refractivity contribution is 0.456. The molecule has 0 saturated heterocycles. The van der Waals surface area contributed by atoms with Crippen molar-refractivity contribution in [1.82, 2.24) is 15.3 Å². The van der Waals surface area contributed by atoms with Crippen LogP contribution in [-0.2, 0) is 6.42 Å². The number of nitrogens with zero attached hydrogens (tertiary/aromatic N) is 1. The summed E-state index contributed by atoms with van der Waals surface area (Å²) in [6.45, 7) is 5.55. The second-order valence-electron chi connectivity index (χ2n) is 4.03. The highest BCUT2D eigenvalue weighted by Crippen LogP contribution is 2.05. The van der Waals surface area contributed by atoms with E-state index in [0.29, 0.717) is 6.04 Å². The fourth-order valence-electron chi connectivity index (χ4n) is 1.72. The number of hydrogen-bond acceptors (Lipinski definition) is 2. The summed E-state index contributed by atoms with van der Waals surface area (Å²) in [5, 5.41) is 3.58. The first-order chi connectivity index (χ1) is 7.36. The van der Waals surface area contributed by atoms with E-state index in [1.807, 2.05) is 12.4 Å². The summed E-state index contributed by atoms with van der Waals surface area (Å²) in [7, 11) is 0. The van der Waals surface area contributed by atoms with Crippen molar-refractivity contribution in [3.63, 3.8) is 0 Å². The number of H-pyrrole nitrogens is 1. The average molecular weight is 209 g/mol. The Morgan fingerprint density at radius 2 is 2.27 bits per heavy atom. The van der Waals surface area contributed by atoms with E-state index in [2.05, 4.69) is 29.1 Å². The number of unbranched alkanes of at least 4 members (excludes halogenated alkanes) is 1. The molecule has 3 nitrogen and oxygen atoms in total. The topological polar surface area (TPSA) is 40.7 Å². The minimum absolute atomic E-state index is 0.580. The lowest BCUT2D eigenvalue weighted by Crippen LogP contribution is -2.32. The predicted molar refractivity (Wildman–Crippen MR) is 63.9 cm³/mol. The standard InChI is InChI=1S/C12H23N3/c1-3-5-6-11(13-7-4-2)10-12-14-8-9-15-12/h8-9,11,13H,3-7,10H2,1-2H3,(H,14,15). The number of nitrogens with one attached hydrogen (secondary N) is 2. The van der Waals surface area contributed by atoms with Crippen LogP contribution in [0.5, 0.6) is 0 Å². The quantitative estimate of drug-likeness (QED) is 0.690. The molecule has 0 aliphatic heterocycles. The summed E-state index contributed by atoms with van der Waals surface area (Å²) in [6, 6.07) is 0.580. The highest BCUT2D eigenvalue weighted by atomic mass is 14.9. The van der Waals surface area contributed by atoms with E-state index in [0.717, 1.165) is 18.8 Å². The Hall–Kier alpha value is -0.830. The molecule has 1 aromatic rings. The molecule has 86 valence electrons. The lowest BCUT2D eigenvalue weighted by Gasteiger charge is -2.16. The molecule has 1 rings (SSSR count). The van der Waals surface area contributed by atoms with E-state index >= 15 is 0 Å². The maximum absolute atomic E-state index is 4.28. The highest BCUT2D eigenvalue weighted by molar-refractivity contribution is 4.91. The average Bonchev–Trinajstić information content (AvgIpc) is 2.74. The number of aromatic nitrogens is 2. The van der Waals surface area contributed by atoms with E-state index in [1.165, 1.54) is 25.7 Å². The van der Waals surface area contributed by atoms with Crippen molar-refractivity contribution >= 4 is 0 Å². The molecule has 0 radical (unpaired) electrons. The molecule has 0 spiro atoms. The Balaban J connectivity index is 2.33. The summed E-state index contributed by atoms with van der Waals surface area (Å²) in [4.78, 5) is 7.45. The molecule has 0 aliphatic rings. The van der Waals surface area contributed by atoms with Gasteiger partial charge in [0.15, 0.2) is 0 Å². The van der Waals surface area contributed by atoms with Crippen LogP contribution in [0, 0.1) is 0 Å². The zero-order chi connectivity index (χ0) is 10.9. The fraction of sp³-hybridized carbons (Fsp3) is 0.750. The van der Waals surface area contributed by atoms with Gasteiger partial charge in [0, 0.05) is 24.9 Å². The molecule has 0 saturated carbocycles. The first-order valence-electron chi connectivity index (χ1n) is 6.08. The molecule has 0 fully saturated rings. The van der Waals surface area contributed by atoms with Gasteiger partial charge in [0.1, 0.15) is 5.82 Å². The van der Waals surface area contributed by atoms with Gasteiger partial charge < -0.3 is 10.3 Å². The first kappa shape index (κ1) is 12.2. The maximum Gasteiger partial charge on any atom is 0.107 e. The minimum atomic E-state index is 0.580. The Bertz CT molecular complexity index is 223. The predicted octanol–water partition coefficient (Wildman–Crippen LogP) is 2.51. The summed E-state index contributed by atoms with van der Waals surface area (Å²) in [6.07, 6.45) is 9.74. The minimum Gasteiger partial charge on any atom is -0.349 e. The van der Waals surface area contributed by atoms with E-state index in [9.17, 15) is 0 Å². The van der Waals surface area contributed by atoms with Crippen molar-refractivity contribution in [1.29, 1.82) is 0 Å². The molecule has 15 heavy (non-hydrogen) atoms. The van der Waals surface area contributed by atoms with Crippen LogP contribution in [-0.4, -0.2) is 22.6 Å². The molecule has 1 atom stereocenters. The van der Waals surface area contributed by atoms with Gasteiger partial charge >= 0.3 is 0 Å². The zero-order valence-electron chi connectivity index (χ0n) is 9.92. The number of hydrogen-bond donors (Lipinski definition) is 2. The van der Waals surface area contributed by atoms with Crippen LogP contribution in [0.15, 0.2) is 12.4 Å². The van der Waals surface area contributed by atoms with Crippen molar-refractivity contribution in [3.8, 4) is 0 Å². The largest absolute Gasteiger partial charge is 0.349 e. The normalized spacial score (nSPS) is 12.9. The zero-order valence-corrected chi connectivity index (χ0v) is 9.92. The third-order valence-corrected chi connectivity index (χ3v) is 2.58. The van der Waals surface area contributed by atoms with Gasteiger partial charge in [-0.3, -0.25) is 0 Å². The van der Waals surface area contributed by atoms with Crippen LogP contribution >= 0.6 is 0 Å². The molecule has 3 heteroatoms. The molecule has 1 heterocycles. The van der Waals surface area contributed by atoms with Crippen molar-refractivity contribution in [2.75, 3.05) is 6.54 Å². The van der Waals surface area contributed by atoms with Gasteiger partial charge in [-0.05, 0) is 19.4 Å². The SMILES string of the molecule is CCCCC(Cc1ncc[nH]1)NCCC. The van der Waals surface area contributed by atoms with Crippen molar-refractivity contribution < 1.29 is 0 Å². The fourth-order valence-corrected chi connectivity index (χ4v) is 1.72. The second kappa shape index (κ2) is 7.46. The number of rotatable bonds is 8. The van der Waals surface area contributed by atoms with Gasteiger partial charge in [0.25, 0.3) is 0 Å². The monoisotopic (exact) mass is 209 g/mol. The van der Waals surface area contributed by atoms with Crippen molar-refractivity contribution in [2.45, 2.75) is 52.0 Å². The Morgan fingerprint density at radius 3 is 2.87 bits per heavy atom. The van der Waals surface area contributed by atoms with E-state index < -0.39 is 0 Å². The van der Waals surface area contributed by atoms with Crippen LogP contribution in [0.2, 0.25) is 0 Å². The highest BCUT2D eigenvalue weighted by Gasteiger charge is 2.09.